The van der Waals surface area contributed by atoms with Crippen LogP contribution in [0.15, 0.2) is 24.5 Å². The van der Waals surface area contributed by atoms with E-state index in [1.54, 1.807) is 12.3 Å². The van der Waals surface area contributed by atoms with E-state index in [1.165, 1.54) is 83.5 Å². The molecule has 0 aromatic carbocycles. The summed E-state index contributed by atoms with van der Waals surface area (Å²) in [6.07, 6.45) is 31.8. The second-order valence-corrected chi connectivity index (χ2v) is 16.9. The zero-order valence-electron chi connectivity index (χ0n) is 34.6. The molecule has 0 aromatic heterocycles. The molecule has 0 aromatic rings. The molecule has 55 heavy (non-hydrogen) atoms. The Hall–Kier alpha value is -1.59. The number of aliphatic hydroxyl groups is 2. The lowest BCUT2D eigenvalue weighted by Gasteiger charge is -2.19. The Morgan fingerprint density at radius 3 is 2.05 bits per heavy atom. The van der Waals surface area contributed by atoms with Gasteiger partial charge in [0.15, 0.2) is 6.10 Å². The number of carbonyl (C=O) groups is 2. The van der Waals surface area contributed by atoms with Gasteiger partial charge in [0.05, 0.1) is 31.7 Å². The number of ketones is 1. The van der Waals surface area contributed by atoms with Gasteiger partial charge in [-0.1, -0.05) is 148 Å². The Morgan fingerprint density at radius 1 is 0.836 bits per heavy atom. The van der Waals surface area contributed by atoms with Crippen molar-refractivity contribution in [3.63, 3.8) is 0 Å². The minimum Gasteiger partial charge on any atom is -0.498 e. The van der Waals surface area contributed by atoms with Crippen molar-refractivity contribution in [1.82, 2.24) is 0 Å². The SMILES string of the molecule is CCCCCCCCCCCCCCCC/C=C/OC[C@H](COP(=O)(O)OCCN)OC(=O)CCCCCC[C@H]1C(=O)C[C@@H](O)[C@@H]1/C=C/[C@@H](O)CCCCC. The number of allylic oxidation sites excluding steroid dienone is 1. The summed E-state index contributed by atoms with van der Waals surface area (Å²) in [5.74, 6) is -0.939. The van der Waals surface area contributed by atoms with Gasteiger partial charge < -0.3 is 30.3 Å². The van der Waals surface area contributed by atoms with Gasteiger partial charge in [0, 0.05) is 31.2 Å². The lowest BCUT2D eigenvalue weighted by Crippen LogP contribution is -2.27. The van der Waals surface area contributed by atoms with Gasteiger partial charge in [0.1, 0.15) is 12.4 Å². The number of aliphatic hydroxyl groups excluding tert-OH is 2. The number of Topliss-reactive ketones (excluding diaryl/α,β-unsaturated/α-hetero) is 1. The average molecular weight is 802 g/mol. The highest BCUT2D eigenvalue weighted by Gasteiger charge is 2.39. The first kappa shape index (κ1) is 51.4. The van der Waals surface area contributed by atoms with Crippen molar-refractivity contribution in [3.8, 4) is 0 Å². The number of hydrogen-bond acceptors (Lipinski definition) is 10. The number of ether oxygens (including phenoxy) is 2. The molecule has 1 fully saturated rings. The largest absolute Gasteiger partial charge is 0.498 e. The monoisotopic (exact) mass is 802 g/mol. The van der Waals surface area contributed by atoms with Gasteiger partial charge in [0.25, 0.3) is 0 Å². The quantitative estimate of drug-likeness (QED) is 0.0154. The molecule has 1 rings (SSSR count). The molecule has 0 amide bonds. The zero-order valence-corrected chi connectivity index (χ0v) is 35.5. The van der Waals surface area contributed by atoms with Crippen molar-refractivity contribution < 1.29 is 47.8 Å². The van der Waals surface area contributed by atoms with Crippen LogP contribution in [0.1, 0.15) is 181 Å². The molecule has 0 aliphatic heterocycles. The van der Waals surface area contributed by atoms with E-state index < -0.39 is 32.1 Å². The molecule has 5 N–H and O–H groups in total. The Bertz CT molecular complexity index is 1060. The van der Waals surface area contributed by atoms with Gasteiger partial charge in [-0.25, -0.2) is 4.57 Å². The van der Waals surface area contributed by atoms with Gasteiger partial charge in [0.2, 0.25) is 0 Å². The van der Waals surface area contributed by atoms with Gasteiger partial charge in [-0.15, -0.1) is 0 Å². The van der Waals surface area contributed by atoms with Gasteiger partial charge in [-0.3, -0.25) is 18.6 Å². The van der Waals surface area contributed by atoms with E-state index in [0.717, 1.165) is 51.4 Å². The predicted octanol–water partition coefficient (Wildman–Crippen LogP) is 9.80. The second kappa shape index (κ2) is 34.5. The molecule has 0 bridgehead atoms. The Balaban J connectivity index is 2.34. The van der Waals surface area contributed by atoms with Crippen LogP contribution in [0.4, 0.5) is 0 Å². The van der Waals surface area contributed by atoms with Crippen molar-refractivity contribution in [2.24, 2.45) is 17.6 Å². The predicted molar refractivity (Wildman–Crippen MR) is 220 cm³/mol. The first-order valence-electron chi connectivity index (χ1n) is 22.0. The third kappa shape index (κ3) is 28.5. The summed E-state index contributed by atoms with van der Waals surface area (Å²) in [6.45, 7) is 3.87. The number of unbranched alkanes of at least 4 members (excludes halogenated alkanes) is 19. The van der Waals surface area contributed by atoms with E-state index in [4.69, 9.17) is 24.3 Å². The minimum atomic E-state index is -4.36. The first-order valence-corrected chi connectivity index (χ1v) is 23.5. The second-order valence-electron chi connectivity index (χ2n) is 15.4. The maximum absolute atomic E-state index is 12.7. The molecule has 1 saturated carbocycles. The lowest BCUT2D eigenvalue weighted by molar-refractivity contribution is -0.153. The third-order valence-corrected chi connectivity index (χ3v) is 11.3. The molecule has 322 valence electrons. The van der Waals surface area contributed by atoms with Crippen LogP contribution < -0.4 is 5.73 Å². The highest BCUT2D eigenvalue weighted by atomic mass is 31.2. The van der Waals surface area contributed by atoms with Crippen LogP contribution in [0.5, 0.6) is 0 Å². The Labute approximate surface area is 334 Å². The standard InChI is InChI=1S/C43H80NO10P/c1-3-5-7-8-9-10-11-12-13-14-15-16-17-18-21-25-32-51-35-38(36-53-55(49,50)52-33-31-44)54-43(48)28-24-20-19-23-27-39-40(42(47)34-41(39)46)30-29-37(45)26-22-6-4-2/h25,29-30,32,37-40,42,45,47H,3-24,26-28,31,33-36,44H2,1-2H3,(H,49,50)/b30-29+,32-25+/t37-,38+,39+,40+,42+/m0/s1. The maximum atomic E-state index is 12.7. The van der Waals surface area contributed by atoms with Crippen LogP contribution in [0.2, 0.25) is 0 Å². The number of nitrogens with two attached hydrogens (primary N) is 1. The van der Waals surface area contributed by atoms with Crippen molar-refractivity contribution in [2.45, 2.75) is 199 Å². The number of rotatable bonds is 38. The van der Waals surface area contributed by atoms with E-state index in [0.29, 0.717) is 19.3 Å². The topological polar surface area (TPSA) is 175 Å². The number of phosphoric acid groups is 1. The van der Waals surface area contributed by atoms with Crippen molar-refractivity contribution in [2.75, 3.05) is 26.4 Å². The van der Waals surface area contributed by atoms with Gasteiger partial charge in [-0.05, 0) is 38.2 Å². The minimum absolute atomic E-state index is 0.0372. The van der Waals surface area contributed by atoms with Crippen molar-refractivity contribution in [3.05, 3.63) is 24.5 Å². The molecule has 12 heteroatoms. The van der Waals surface area contributed by atoms with E-state index in [1.807, 2.05) is 12.2 Å². The highest BCUT2D eigenvalue weighted by molar-refractivity contribution is 7.47. The molecule has 6 atom stereocenters. The van der Waals surface area contributed by atoms with Crippen LogP contribution in [0, 0.1) is 11.8 Å². The lowest BCUT2D eigenvalue weighted by atomic mass is 9.88. The fraction of sp³-hybridized carbons (Fsp3) is 0.860. The summed E-state index contributed by atoms with van der Waals surface area (Å²) in [7, 11) is -4.36. The first-order chi connectivity index (χ1) is 26.6. The summed E-state index contributed by atoms with van der Waals surface area (Å²) in [6, 6.07) is 0. The molecule has 11 nitrogen and oxygen atoms in total. The summed E-state index contributed by atoms with van der Waals surface area (Å²) in [5.41, 5.74) is 5.36. The number of carbonyl (C=O) groups excluding carboxylic acids is 2. The fourth-order valence-electron chi connectivity index (χ4n) is 7.03. The summed E-state index contributed by atoms with van der Waals surface area (Å²) in [4.78, 5) is 35.2. The Morgan fingerprint density at radius 2 is 1.42 bits per heavy atom. The summed E-state index contributed by atoms with van der Waals surface area (Å²) in [5, 5.41) is 20.7. The van der Waals surface area contributed by atoms with Crippen LogP contribution >= 0.6 is 7.82 Å². The zero-order chi connectivity index (χ0) is 40.4. The van der Waals surface area contributed by atoms with Crippen LogP contribution in [0.25, 0.3) is 0 Å². The van der Waals surface area contributed by atoms with Crippen molar-refractivity contribution >= 4 is 19.6 Å². The molecule has 0 heterocycles. The van der Waals surface area contributed by atoms with Crippen LogP contribution in [-0.4, -0.2) is 71.5 Å². The van der Waals surface area contributed by atoms with E-state index in [-0.39, 0.29) is 56.8 Å². The number of hydrogen-bond donors (Lipinski definition) is 4. The molecular weight excluding hydrogens is 721 g/mol. The summed E-state index contributed by atoms with van der Waals surface area (Å²) < 4.78 is 33.2. The van der Waals surface area contributed by atoms with E-state index in [9.17, 15) is 29.3 Å². The highest BCUT2D eigenvalue weighted by Crippen LogP contribution is 2.43. The van der Waals surface area contributed by atoms with E-state index in [2.05, 4.69) is 13.8 Å². The average Bonchev–Trinajstić information content (AvgIpc) is 3.43. The third-order valence-electron chi connectivity index (χ3n) is 10.3. The van der Waals surface area contributed by atoms with Crippen molar-refractivity contribution in [1.29, 1.82) is 0 Å². The smallest absolute Gasteiger partial charge is 0.472 e. The van der Waals surface area contributed by atoms with Gasteiger partial charge in [-0.2, -0.15) is 0 Å². The summed E-state index contributed by atoms with van der Waals surface area (Å²) >= 11 is 0. The normalized spacial score (nSPS) is 19.7. The molecular formula is C43H80NO10P. The number of phosphoric ester groups is 1. The van der Waals surface area contributed by atoms with Crippen LogP contribution in [-0.2, 0) is 32.7 Å². The molecule has 0 spiro atoms. The van der Waals surface area contributed by atoms with Crippen LogP contribution in [0.3, 0.4) is 0 Å². The molecule has 1 aliphatic rings. The number of esters is 1. The Kier molecular flexibility index (Phi) is 32.2. The molecule has 0 saturated heterocycles. The van der Waals surface area contributed by atoms with E-state index >= 15 is 0 Å². The maximum Gasteiger partial charge on any atom is 0.472 e. The molecule has 1 aliphatic carbocycles. The molecule has 0 radical (unpaired) electrons. The molecule has 1 unspecified atom stereocenters. The fourth-order valence-corrected chi connectivity index (χ4v) is 7.80. The van der Waals surface area contributed by atoms with Gasteiger partial charge >= 0.3 is 13.8 Å².